The van der Waals surface area contributed by atoms with Crippen LogP contribution >= 0.6 is 69.6 Å². The minimum Gasteiger partial charge on any atom is -0.445 e. The first kappa shape index (κ1) is 55.9. The zero-order valence-electron chi connectivity index (χ0n) is 37.3. The third kappa shape index (κ3) is 12.7. The Morgan fingerprint density at radius 3 is 1.39 bits per heavy atom. The molecule has 0 radical (unpaired) electrons. The molecule has 2 amide bonds. The zero-order chi connectivity index (χ0) is 49.3. The molecule has 0 unspecified atom stereocenters. The molecule has 21 nitrogen and oxygen atoms in total. The number of halogens is 6. The number of amides is 2. The molecule has 4 aliphatic rings. The first-order chi connectivity index (χ1) is 30.6. The second-order valence-corrected chi connectivity index (χ2v) is 22.5. The fraction of sp³-hybridized carbons (Fsp3) is 0.789. The molecule has 4 heterocycles. The summed E-state index contributed by atoms with van der Waals surface area (Å²) in [6.07, 6.45) is -12.6. The van der Waals surface area contributed by atoms with Gasteiger partial charge in [-0.1, -0.05) is 87.3 Å². The van der Waals surface area contributed by atoms with E-state index in [1.165, 1.54) is 61.5 Å². The highest BCUT2D eigenvalue weighted by atomic mass is 35.6. The van der Waals surface area contributed by atoms with E-state index in [2.05, 4.69) is 10.6 Å². The van der Waals surface area contributed by atoms with Crippen molar-refractivity contribution in [2.24, 2.45) is 0 Å². The summed E-state index contributed by atoms with van der Waals surface area (Å²) in [5, 5.41) is 5.25. The van der Waals surface area contributed by atoms with Gasteiger partial charge in [0.1, 0.15) is 61.9 Å². The van der Waals surface area contributed by atoms with E-state index in [9.17, 15) is 18.0 Å². The SMILES string of the molecule is CO[C@@H]1O[C@H](CO[C@@H]2O[C@H](COS(=O)(=O)c3ccc(C)cc3)[C@H]3O[C@](C)(OC)[C@@](C)(OC)O[C@@H]3[C@H]2NC(=O)OCC(Cl)(Cl)Cl)[C@H]2O[C@](C)(OC)[C@@](C)(OC)O[C@@H]2[C@H]1NC(=O)OCC(Cl)(Cl)Cl. The number of rotatable bonds is 16. The van der Waals surface area contributed by atoms with Crippen LogP contribution in [-0.4, -0.2) is 175 Å². The lowest BCUT2D eigenvalue weighted by molar-refractivity contribution is -0.477. The Bertz CT molecular complexity index is 1940. The van der Waals surface area contributed by atoms with Crippen molar-refractivity contribution in [2.75, 3.05) is 62.0 Å². The molecule has 2 N–H and O–H groups in total. The van der Waals surface area contributed by atoms with Crippen LogP contribution < -0.4 is 10.6 Å². The molecular formula is C38H54Cl6N2O19S. The maximum atomic E-state index is 13.5. The predicted octanol–water partition coefficient (Wildman–Crippen LogP) is 4.76. The lowest BCUT2D eigenvalue weighted by Crippen LogP contribution is -2.76. The summed E-state index contributed by atoms with van der Waals surface area (Å²) in [5.74, 6) is -6.63. The van der Waals surface area contributed by atoms with Crippen LogP contribution in [0.1, 0.15) is 33.3 Å². The van der Waals surface area contributed by atoms with Crippen molar-refractivity contribution in [3.05, 3.63) is 29.8 Å². The van der Waals surface area contributed by atoms with Crippen LogP contribution in [0, 0.1) is 6.92 Å². The van der Waals surface area contributed by atoms with Crippen molar-refractivity contribution in [3.63, 3.8) is 0 Å². The number of methoxy groups -OCH3 is 5. The third-order valence-corrected chi connectivity index (χ3v) is 13.6. The number of hydrogen-bond donors (Lipinski definition) is 2. The lowest BCUT2D eigenvalue weighted by atomic mass is 9.91. The van der Waals surface area contributed by atoms with Crippen LogP contribution in [0.5, 0.6) is 0 Å². The quantitative estimate of drug-likeness (QED) is 0.168. The van der Waals surface area contributed by atoms with Gasteiger partial charge in [0.05, 0.1) is 18.1 Å². The van der Waals surface area contributed by atoms with Crippen molar-refractivity contribution < 1.29 is 88.5 Å². The van der Waals surface area contributed by atoms with Crippen molar-refractivity contribution in [1.82, 2.24) is 10.6 Å². The zero-order valence-corrected chi connectivity index (χ0v) is 42.7. The van der Waals surface area contributed by atoms with Gasteiger partial charge in [0.2, 0.25) is 30.7 Å². The number of alkyl halides is 6. The standard InChI is InChI=1S/C38H54Cl6N2O19S/c1-19-11-13-20(14-12-19)66(49,50)59-16-22-26-28(65-36(5,55-10)34(3,53-8)63-26)24(46-32(48)58-18-38(42,43)44)30(61-22)56-15-21-25-27(64-35(4,54-9)33(2,52-7)62-25)23(29(51-6)60-21)45-31(47)57-17-37(39,40)41/h11-14,21-30H,15-18H2,1-10H3,(H,45,47)(H,46,48)/t21-,22-,23-,24-,25-,26-,27-,28-,29-,30-,33+,34+,35+,36+/m1/s1. The van der Waals surface area contributed by atoms with E-state index in [0.29, 0.717) is 0 Å². The Labute approximate surface area is 412 Å². The number of nitrogens with one attached hydrogen (secondary N) is 2. The van der Waals surface area contributed by atoms with Gasteiger partial charge in [0, 0.05) is 35.5 Å². The van der Waals surface area contributed by atoms with Crippen molar-refractivity contribution in [1.29, 1.82) is 0 Å². The molecule has 4 saturated heterocycles. The highest BCUT2D eigenvalue weighted by Crippen LogP contribution is 2.46. The monoisotopic (exact) mass is 1080 g/mol. The fourth-order valence-electron chi connectivity index (χ4n) is 7.46. The van der Waals surface area contributed by atoms with Crippen molar-refractivity contribution in [3.8, 4) is 0 Å². The van der Waals surface area contributed by atoms with Gasteiger partial charge in [-0.25, -0.2) is 9.59 Å². The average molecular weight is 1090 g/mol. The summed E-state index contributed by atoms with van der Waals surface area (Å²) in [6, 6.07) is 3.39. The largest absolute Gasteiger partial charge is 0.445 e. The molecular weight excluding hydrogens is 1030 g/mol. The number of ether oxygens (including phenoxy) is 14. The van der Waals surface area contributed by atoms with E-state index in [4.69, 9.17) is 140 Å². The van der Waals surface area contributed by atoms with Crippen LogP contribution in [0.2, 0.25) is 0 Å². The van der Waals surface area contributed by atoms with E-state index >= 15 is 0 Å². The molecule has 4 aliphatic heterocycles. The number of hydrogen-bond acceptors (Lipinski definition) is 19. The van der Waals surface area contributed by atoms with Crippen LogP contribution in [0.15, 0.2) is 29.2 Å². The molecule has 4 fully saturated rings. The van der Waals surface area contributed by atoms with Crippen LogP contribution in [-0.2, 0) is 80.6 Å². The van der Waals surface area contributed by atoms with Gasteiger partial charge < -0.3 is 76.9 Å². The summed E-state index contributed by atoms with van der Waals surface area (Å²) in [7, 11) is 2.30. The number of carbonyl (C=O) groups is 2. The molecule has 0 aliphatic carbocycles. The highest BCUT2D eigenvalue weighted by Gasteiger charge is 2.65. The van der Waals surface area contributed by atoms with E-state index in [1.54, 1.807) is 32.9 Å². The van der Waals surface area contributed by atoms with Crippen molar-refractivity contribution in [2.45, 2.75) is 132 Å². The molecule has 28 heteroatoms. The highest BCUT2D eigenvalue weighted by molar-refractivity contribution is 7.86. The van der Waals surface area contributed by atoms with E-state index in [-0.39, 0.29) is 4.90 Å². The molecule has 1 aromatic carbocycles. The van der Waals surface area contributed by atoms with Gasteiger partial charge in [0.25, 0.3) is 10.1 Å². The predicted molar refractivity (Wildman–Crippen MR) is 233 cm³/mol. The van der Waals surface area contributed by atoms with Gasteiger partial charge in [-0.15, -0.1) is 0 Å². The maximum Gasteiger partial charge on any atom is 0.407 e. The normalized spacial score (nSPS) is 37.3. The first-order valence-electron chi connectivity index (χ1n) is 19.9. The summed E-state index contributed by atoms with van der Waals surface area (Å²) in [4.78, 5) is 26.4. The Balaban J connectivity index is 1.53. The van der Waals surface area contributed by atoms with Gasteiger partial charge in [-0.3, -0.25) is 4.18 Å². The smallest absolute Gasteiger partial charge is 0.407 e. The Morgan fingerprint density at radius 1 is 0.621 bits per heavy atom. The number of benzene rings is 1. The molecule has 66 heavy (non-hydrogen) atoms. The molecule has 0 aromatic heterocycles. The number of fused-ring (bicyclic) bond motifs is 2. The topological polar surface area (TPSA) is 231 Å². The lowest BCUT2D eigenvalue weighted by Gasteiger charge is -2.58. The van der Waals surface area contributed by atoms with Crippen LogP contribution in [0.3, 0.4) is 0 Å². The van der Waals surface area contributed by atoms with Gasteiger partial charge >= 0.3 is 12.2 Å². The number of carbonyl (C=O) groups excluding carboxylic acids is 2. The van der Waals surface area contributed by atoms with Crippen LogP contribution in [0.25, 0.3) is 0 Å². The second-order valence-electron chi connectivity index (χ2n) is 15.9. The molecule has 0 saturated carbocycles. The van der Waals surface area contributed by atoms with Gasteiger partial charge in [-0.05, 0) is 46.8 Å². The van der Waals surface area contributed by atoms with Gasteiger partial charge in [-0.2, -0.15) is 8.42 Å². The number of aryl methyl sites for hydroxylation is 1. The molecule has 0 bridgehead atoms. The van der Waals surface area contributed by atoms with Crippen molar-refractivity contribution >= 4 is 91.9 Å². The summed E-state index contributed by atoms with van der Waals surface area (Å²) < 4.78 is 113. The Hall–Kier alpha value is -1.07. The summed E-state index contributed by atoms with van der Waals surface area (Å²) in [5.41, 5.74) is 0.812. The third-order valence-electron chi connectivity index (χ3n) is 11.6. The molecule has 378 valence electrons. The average Bonchev–Trinajstić information content (AvgIpc) is 3.25. The first-order valence-corrected chi connectivity index (χ1v) is 23.6. The van der Waals surface area contributed by atoms with E-state index < -0.39 is 141 Å². The minimum atomic E-state index is -4.40. The van der Waals surface area contributed by atoms with Crippen LogP contribution in [0.4, 0.5) is 9.59 Å². The van der Waals surface area contributed by atoms with E-state index in [0.717, 1.165) is 5.56 Å². The second kappa shape index (κ2) is 21.7. The van der Waals surface area contributed by atoms with Gasteiger partial charge in [0.15, 0.2) is 12.6 Å². The Morgan fingerprint density at radius 2 is 1.00 bits per heavy atom. The molecule has 5 rings (SSSR count). The summed E-state index contributed by atoms with van der Waals surface area (Å²) >= 11 is 35.1. The summed E-state index contributed by atoms with van der Waals surface area (Å²) in [6.45, 7) is 5.49. The fourth-order valence-corrected chi connectivity index (χ4v) is 8.71. The number of alkyl carbamates (subject to hydrolysis) is 2. The minimum absolute atomic E-state index is 0.135. The molecule has 0 spiro atoms. The molecule has 14 atom stereocenters. The van der Waals surface area contributed by atoms with E-state index in [1.807, 2.05) is 0 Å². The maximum absolute atomic E-state index is 13.5. The molecule has 1 aromatic rings. The Kier molecular flexibility index (Phi) is 18.4.